The second-order valence-electron chi connectivity index (χ2n) is 5.79. The lowest BCUT2D eigenvalue weighted by Crippen LogP contribution is -2.39. The van der Waals surface area contributed by atoms with Crippen LogP contribution in [-0.2, 0) is 16.0 Å². The third-order valence-corrected chi connectivity index (χ3v) is 3.50. The van der Waals surface area contributed by atoms with Crippen molar-refractivity contribution >= 4 is 11.8 Å². The van der Waals surface area contributed by atoms with Crippen molar-refractivity contribution in [3.63, 3.8) is 0 Å². The molecule has 0 aromatic heterocycles. The van der Waals surface area contributed by atoms with E-state index in [2.05, 4.69) is 5.32 Å². The maximum atomic E-state index is 12.5. The number of ether oxygens (including phenoxy) is 1. The molecule has 2 N–H and O–H groups in total. The van der Waals surface area contributed by atoms with Crippen molar-refractivity contribution in [1.82, 2.24) is 5.32 Å². The summed E-state index contributed by atoms with van der Waals surface area (Å²) in [6, 6.07) is 6.63. The van der Waals surface area contributed by atoms with Gasteiger partial charge >= 0.3 is 5.97 Å². The average molecular weight is 321 g/mol. The number of aliphatic carboxylic acids is 1. The van der Waals surface area contributed by atoms with Crippen molar-refractivity contribution in [2.75, 3.05) is 13.2 Å². The number of carbonyl (C=O) groups is 2. The molecule has 0 aliphatic heterocycles. The van der Waals surface area contributed by atoms with Crippen molar-refractivity contribution in [3.8, 4) is 0 Å². The molecule has 1 atom stereocenters. The minimum atomic E-state index is -0.987. The molecule has 0 amide bonds. The van der Waals surface area contributed by atoms with Crippen LogP contribution in [0.5, 0.6) is 0 Å². The van der Waals surface area contributed by atoms with Gasteiger partial charge in [0.2, 0.25) is 0 Å². The molecule has 0 saturated carbocycles. The number of nitrogens with one attached hydrogen (secondary N) is 1. The number of rotatable bonds is 11. The summed E-state index contributed by atoms with van der Waals surface area (Å²) in [4.78, 5) is 23.5. The summed E-state index contributed by atoms with van der Waals surface area (Å²) in [6.07, 6.45) is 1.58. The van der Waals surface area contributed by atoms with Gasteiger partial charge in [-0.05, 0) is 38.8 Å². The molecule has 1 aromatic carbocycles. The molecule has 0 aliphatic rings. The van der Waals surface area contributed by atoms with Gasteiger partial charge in [0.1, 0.15) is 0 Å². The SMILES string of the molecule is CCc1ccc(C(=O)C(CC(=O)O)NCCCOC(C)C)cc1. The Morgan fingerprint density at radius 3 is 2.39 bits per heavy atom. The van der Waals surface area contributed by atoms with Crippen LogP contribution in [0, 0.1) is 0 Å². The number of ketones is 1. The molecule has 0 bridgehead atoms. The van der Waals surface area contributed by atoms with E-state index in [9.17, 15) is 9.59 Å². The summed E-state index contributed by atoms with van der Waals surface area (Å²) in [7, 11) is 0. The van der Waals surface area contributed by atoms with Gasteiger partial charge < -0.3 is 15.2 Å². The highest BCUT2D eigenvalue weighted by molar-refractivity contribution is 6.01. The number of carbonyl (C=O) groups excluding carboxylic acids is 1. The van der Waals surface area contributed by atoms with Gasteiger partial charge in [-0.2, -0.15) is 0 Å². The van der Waals surface area contributed by atoms with Gasteiger partial charge in [-0.3, -0.25) is 9.59 Å². The summed E-state index contributed by atoms with van der Waals surface area (Å²) in [6.45, 7) is 7.10. The quantitative estimate of drug-likeness (QED) is 0.484. The number of carboxylic acids is 1. The van der Waals surface area contributed by atoms with Crippen molar-refractivity contribution in [2.24, 2.45) is 0 Å². The average Bonchev–Trinajstić information content (AvgIpc) is 2.52. The van der Waals surface area contributed by atoms with Crippen LogP contribution in [-0.4, -0.2) is 42.2 Å². The van der Waals surface area contributed by atoms with Gasteiger partial charge in [0.25, 0.3) is 0 Å². The van der Waals surface area contributed by atoms with Crippen LogP contribution in [0.15, 0.2) is 24.3 Å². The normalized spacial score (nSPS) is 12.3. The Kier molecular flexibility index (Phi) is 8.51. The van der Waals surface area contributed by atoms with E-state index >= 15 is 0 Å². The summed E-state index contributed by atoms with van der Waals surface area (Å²) < 4.78 is 5.43. The fourth-order valence-corrected chi connectivity index (χ4v) is 2.21. The van der Waals surface area contributed by atoms with Gasteiger partial charge in [0, 0.05) is 12.2 Å². The number of carboxylic acid groups (broad SMARTS) is 1. The topological polar surface area (TPSA) is 75.6 Å². The summed E-state index contributed by atoms with van der Waals surface area (Å²) in [5.41, 5.74) is 1.69. The lowest BCUT2D eigenvalue weighted by atomic mass is 10.00. The molecule has 23 heavy (non-hydrogen) atoms. The predicted octanol–water partition coefficient (Wildman–Crippen LogP) is 2.68. The predicted molar refractivity (Wildman–Crippen MR) is 89.9 cm³/mol. The van der Waals surface area contributed by atoms with Crippen LogP contribution in [0.3, 0.4) is 0 Å². The molecule has 0 aliphatic carbocycles. The number of Topliss-reactive ketones (excluding diaryl/α,β-unsaturated/α-hetero) is 1. The first kappa shape index (κ1) is 19.3. The number of benzene rings is 1. The molecular formula is C18H27NO4. The van der Waals surface area contributed by atoms with Crippen LogP contribution < -0.4 is 5.32 Å². The van der Waals surface area contributed by atoms with Crippen LogP contribution in [0.4, 0.5) is 0 Å². The van der Waals surface area contributed by atoms with E-state index in [1.165, 1.54) is 0 Å². The molecule has 0 heterocycles. The minimum absolute atomic E-state index is 0.170. The second-order valence-corrected chi connectivity index (χ2v) is 5.79. The fraction of sp³-hybridized carbons (Fsp3) is 0.556. The minimum Gasteiger partial charge on any atom is -0.481 e. The fourth-order valence-electron chi connectivity index (χ4n) is 2.21. The molecule has 0 spiro atoms. The Hall–Kier alpha value is -1.72. The molecular weight excluding hydrogens is 294 g/mol. The molecule has 5 heteroatoms. The first-order valence-electron chi connectivity index (χ1n) is 8.14. The number of hydrogen-bond acceptors (Lipinski definition) is 4. The van der Waals surface area contributed by atoms with E-state index in [0.29, 0.717) is 18.7 Å². The Balaban J connectivity index is 2.60. The number of hydrogen-bond donors (Lipinski definition) is 2. The molecule has 128 valence electrons. The number of aryl methyl sites for hydroxylation is 1. The Labute approximate surface area is 138 Å². The highest BCUT2D eigenvalue weighted by Crippen LogP contribution is 2.10. The van der Waals surface area contributed by atoms with Crippen LogP contribution in [0.2, 0.25) is 0 Å². The Morgan fingerprint density at radius 1 is 1.22 bits per heavy atom. The standard InChI is InChI=1S/C18H27NO4/c1-4-14-6-8-15(9-7-14)18(22)16(12-17(20)21)19-10-5-11-23-13(2)3/h6-9,13,16,19H,4-5,10-12H2,1-3H3,(H,20,21). The van der Waals surface area contributed by atoms with Crippen molar-refractivity contribution in [2.45, 2.75) is 52.2 Å². The van der Waals surface area contributed by atoms with Crippen molar-refractivity contribution in [1.29, 1.82) is 0 Å². The Bertz CT molecular complexity index is 496. The summed E-state index contributed by atoms with van der Waals surface area (Å²) >= 11 is 0. The largest absolute Gasteiger partial charge is 0.481 e. The maximum Gasteiger partial charge on any atom is 0.305 e. The van der Waals surface area contributed by atoms with E-state index < -0.39 is 12.0 Å². The lowest BCUT2D eigenvalue weighted by Gasteiger charge is -2.16. The molecule has 0 radical (unpaired) electrons. The zero-order valence-electron chi connectivity index (χ0n) is 14.2. The van der Waals surface area contributed by atoms with Crippen molar-refractivity contribution in [3.05, 3.63) is 35.4 Å². The van der Waals surface area contributed by atoms with Crippen LogP contribution >= 0.6 is 0 Å². The highest BCUT2D eigenvalue weighted by Gasteiger charge is 2.22. The molecule has 1 unspecified atom stereocenters. The molecule has 1 rings (SSSR count). The van der Waals surface area contributed by atoms with Crippen LogP contribution in [0.1, 0.15) is 49.5 Å². The molecule has 5 nitrogen and oxygen atoms in total. The molecule has 0 fully saturated rings. The third-order valence-electron chi connectivity index (χ3n) is 3.50. The zero-order chi connectivity index (χ0) is 17.2. The van der Waals surface area contributed by atoms with Gasteiger partial charge in [0.05, 0.1) is 18.6 Å². The van der Waals surface area contributed by atoms with E-state index in [4.69, 9.17) is 9.84 Å². The monoisotopic (exact) mass is 321 g/mol. The molecule has 1 aromatic rings. The summed E-state index contributed by atoms with van der Waals surface area (Å²) in [5.74, 6) is -1.17. The van der Waals surface area contributed by atoms with E-state index in [0.717, 1.165) is 18.4 Å². The van der Waals surface area contributed by atoms with E-state index in [1.54, 1.807) is 12.1 Å². The lowest BCUT2D eigenvalue weighted by molar-refractivity contribution is -0.137. The highest BCUT2D eigenvalue weighted by atomic mass is 16.5. The van der Waals surface area contributed by atoms with Gasteiger partial charge in [0.15, 0.2) is 5.78 Å². The van der Waals surface area contributed by atoms with E-state index in [1.807, 2.05) is 32.9 Å². The maximum absolute atomic E-state index is 12.5. The molecule has 0 saturated heterocycles. The third kappa shape index (κ3) is 7.39. The second kappa shape index (κ2) is 10.1. The van der Waals surface area contributed by atoms with Crippen LogP contribution in [0.25, 0.3) is 0 Å². The first-order valence-corrected chi connectivity index (χ1v) is 8.14. The smallest absolute Gasteiger partial charge is 0.305 e. The van der Waals surface area contributed by atoms with Gasteiger partial charge in [-0.25, -0.2) is 0 Å². The zero-order valence-corrected chi connectivity index (χ0v) is 14.2. The van der Waals surface area contributed by atoms with Crippen molar-refractivity contribution < 1.29 is 19.4 Å². The summed E-state index contributed by atoms with van der Waals surface area (Å²) in [5, 5.41) is 12.1. The Morgan fingerprint density at radius 2 is 1.87 bits per heavy atom. The first-order chi connectivity index (χ1) is 10.9. The van der Waals surface area contributed by atoms with Gasteiger partial charge in [-0.15, -0.1) is 0 Å². The van der Waals surface area contributed by atoms with Gasteiger partial charge in [-0.1, -0.05) is 31.2 Å². The van der Waals surface area contributed by atoms with E-state index in [-0.39, 0.29) is 18.3 Å².